The van der Waals surface area contributed by atoms with Crippen LogP contribution in [-0.4, -0.2) is 54.7 Å². The van der Waals surface area contributed by atoms with E-state index < -0.39 is 0 Å². The molecule has 7 nitrogen and oxygen atoms in total. The number of carbonyl (C=O) groups excluding carboxylic acids is 3. The summed E-state index contributed by atoms with van der Waals surface area (Å²) in [6.07, 6.45) is 9.87. The van der Waals surface area contributed by atoms with Gasteiger partial charge in [-0.2, -0.15) is 0 Å². The largest absolute Gasteiger partial charge is 0.359 e. The van der Waals surface area contributed by atoms with Gasteiger partial charge in [0, 0.05) is 26.1 Å². The Labute approximate surface area is 218 Å². The van der Waals surface area contributed by atoms with Crippen LogP contribution in [0.25, 0.3) is 10.2 Å². The van der Waals surface area contributed by atoms with Crippen molar-refractivity contribution in [3.63, 3.8) is 0 Å². The number of aldehydes is 1. The van der Waals surface area contributed by atoms with Crippen LogP contribution in [0, 0.1) is 0 Å². The summed E-state index contributed by atoms with van der Waals surface area (Å²) in [5.74, 6) is 0.323. The molecule has 4 rings (SSSR count). The Morgan fingerprint density at radius 1 is 0.972 bits per heavy atom. The molecule has 0 unspecified atom stereocenters. The number of amides is 2. The van der Waals surface area contributed by atoms with Gasteiger partial charge in [0.05, 0.1) is 10.2 Å². The number of rotatable bonds is 10. The monoisotopic (exact) mass is 510 g/mol. The third-order valence-corrected chi connectivity index (χ3v) is 6.66. The van der Waals surface area contributed by atoms with Gasteiger partial charge in [-0.3, -0.25) is 14.4 Å². The molecule has 2 amide bonds. The molecule has 1 fully saturated rings. The maximum absolute atomic E-state index is 11.9. The molecule has 1 aliphatic rings. The Hall–Kier alpha value is -3.10. The van der Waals surface area contributed by atoms with Crippen LogP contribution in [0.5, 0.6) is 0 Å². The number of carbonyl (C=O) groups is 3. The highest BCUT2D eigenvalue weighted by molar-refractivity contribution is 7.19. The fourth-order valence-corrected chi connectivity index (χ4v) is 4.53. The van der Waals surface area contributed by atoms with Crippen molar-refractivity contribution in [3.05, 3.63) is 65.2 Å². The lowest BCUT2D eigenvalue weighted by Crippen LogP contribution is -2.35. The van der Waals surface area contributed by atoms with E-state index in [1.165, 1.54) is 36.2 Å². The Kier molecular flexibility index (Phi) is 14.7. The van der Waals surface area contributed by atoms with Crippen LogP contribution in [0.15, 0.2) is 54.6 Å². The summed E-state index contributed by atoms with van der Waals surface area (Å²) < 4.78 is 1.06. The molecule has 1 saturated heterocycles. The Morgan fingerprint density at radius 3 is 2.36 bits per heavy atom. The number of thiazole rings is 1. The third kappa shape index (κ3) is 11.6. The van der Waals surface area contributed by atoms with Crippen molar-refractivity contribution < 1.29 is 14.4 Å². The van der Waals surface area contributed by atoms with Crippen molar-refractivity contribution in [2.45, 2.75) is 51.4 Å². The smallest absolute Gasteiger partial charge is 0.222 e. The molecule has 2 aromatic carbocycles. The van der Waals surface area contributed by atoms with Crippen LogP contribution in [0.2, 0.25) is 0 Å². The zero-order valence-corrected chi connectivity index (χ0v) is 21.8. The number of aryl methyl sites for hydroxylation is 1. The standard InChI is InChI=1S/C14H19NO.C8H5NOS.C6H14N2O/c16-14(15-11-5-2-6-12-15)10-9-13-7-3-1-4-8-13;10-5-8-9-6-3-1-2-4-7(6)11-8;7-4-2-1-3-5-8-6-9/h1,3-4,7-8H,2,5-6,9-12H2;1-5H;6H,1-5,7H2,(H,8,9). The number of hydrogen-bond acceptors (Lipinski definition) is 6. The molecule has 2 heterocycles. The Bertz CT molecular complexity index is 987. The van der Waals surface area contributed by atoms with Gasteiger partial charge < -0.3 is 16.0 Å². The van der Waals surface area contributed by atoms with Crippen LogP contribution in [0.4, 0.5) is 0 Å². The van der Waals surface area contributed by atoms with Gasteiger partial charge in [-0.1, -0.05) is 48.9 Å². The number of nitrogens with one attached hydrogen (secondary N) is 1. The molecule has 194 valence electrons. The van der Waals surface area contributed by atoms with Crippen molar-refractivity contribution in [2.75, 3.05) is 26.2 Å². The minimum atomic E-state index is 0.323. The highest BCUT2D eigenvalue weighted by Gasteiger charge is 2.15. The lowest BCUT2D eigenvalue weighted by Gasteiger charge is -2.26. The van der Waals surface area contributed by atoms with E-state index in [1.807, 2.05) is 47.4 Å². The van der Waals surface area contributed by atoms with E-state index in [4.69, 9.17) is 5.73 Å². The van der Waals surface area contributed by atoms with E-state index >= 15 is 0 Å². The van der Waals surface area contributed by atoms with Crippen molar-refractivity contribution in [1.29, 1.82) is 0 Å². The highest BCUT2D eigenvalue weighted by atomic mass is 32.1. The van der Waals surface area contributed by atoms with Gasteiger partial charge in [0.2, 0.25) is 12.3 Å². The quantitative estimate of drug-likeness (QED) is 0.306. The van der Waals surface area contributed by atoms with E-state index in [-0.39, 0.29) is 0 Å². The number of piperidine rings is 1. The summed E-state index contributed by atoms with van der Waals surface area (Å²) in [6.45, 7) is 3.46. The zero-order chi connectivity index (χ0) is 25.8. The molecule has 0 aliphatic carbocycles. The van der Waals surface area contributed by atoms with Gasteiger partial charge in [0.25, 0.3) is 0 Å². The summed E-state index contributed by atoms with van der Waals surface area (Å²) in [5.41, 5.74) is 7.41. The van der Waals surface area contributed by atoms with Gasteiger partial charge in [-0.25, -0.2) is 4.98 Å². The molecule has 0 spiro atoms. The summed E-state index contributed by atoms with van der Waals surface area (Å²) in [7, 11) is 0. The van der Waals surface area contributed by atoms with E-state index in [0.29, 0.717) is 17.3 Å². The van der Waals surface area contributed by atoms with Crippen LogP contribution >= 0.6 is 11.3 Å². The fraction of sp³-hybridized carbons (Fsp3) is 0.429. The number of benzene rings is 2. The lowest BCUT2D eigenvalue weighted by atomic mass is 10.1. The minimum absolute atomic E-state index is 0.323. The molecule has 0 bridgehead atoms. The van der Waals surface area contributed by atoms with Crippen molar-refractivity contribution >= 4 is 40.2 Å². The predicted octanol–water partition coefficient (Wildman–Crippen LogP) is 4.60. The second-order valence-electron chi connectivity index (χ2n) is 8.49. The molecular weight excluding hydrogens is 472 g/mol. The Balaban J connectivity index is 0.000000201. The number of nitrogens with two attached hydrogens (primary N) is 1. The van der Waals surface area contributed by atoms with Crippen molar-refractivity contribution in [2.24, 2.45) is 5.73 Å². The van der Waals surface area contributed by atoms with Gasteiger partial charge in [0.1, 0.15) is 0 Å². The highest BCUT2D eigenvalue weighted by Crippen LogP contribution is 2.19. The zero-order valence-electron chi connectivity index (χ0n) is 20.9. The van der Waals surface area contributed by atoms with Crippen molar-refractivity contribution in [3.8, 4) is 0 Å². The minimum Gasteiger partial charge on any atom is -0.359 e. The number of aromatic nitrogens is 1. The SMILES string of the molecule is NCCCCCNC=O.O=C(CCc1ccccc1)N1CCCCC1.O=Cc1nc2ccccc2s1. The lowest BCUT2D eigenvalue weighted by molar-refractivity contribution is -0.132. The van der Waals surface area contributed by atoms with E-state index in [9.17, 15) is 14.4 Å². The normalized spacial score (nSPS) is 12.5. The summed E-state index contributed by atoms with van der Waals surface area (Å²) >= 11 is 1.42. The second kappa shape index (κ2) is 18.2. The van der Waals surface area contributed by atoms with Crippen molar-refractivity contribution in [1.82, 2.24) is 15.2 Å². The average molecular weight is 511 g/mol. The van der Waals surface area contributed by atoms with E-state index in [0.717, 1.165) is 74.8 Å². The van der Waals surface area contributed by atoms with E-state index in [2.05, 4.69) is 22.4 Å². The van der Waals surface area contributed by atoms with E-state index in [1.54, 1.807) is 0 Å². The molecular formula is C28H38N4O3S. The molecule has 36 heavy (non-hydrogen) atoms. The summed E-state index contributed by atoms with van der Waals surface area (Å²) in [5, 5.41) is 3.13. The number of fused-ring (bicyclic) bond motifs is 1. The average Bonchev–Trinajstić information content (AvgIpc) is 3.37. The van der Waals surface area contributed by atoms with Crippen LogP contribution in [-0.2, 0) is 16.0 Å². The van der Waals surface area contributed by atoms with Gasteiger partial charge in [-0.15, -0.1) is 11.3 Å². The number of unbranched alkanes of at least 4 members (excludes halogenated alkanes) is 2. The first kappa shape index (κ1) is 29.1. The summed E-state index contributed by atoms with van der Waals surface area (Å²) in [4.78, 5) is 38.0. The molecule has 0 atom stereocenters. The number of hydrogen-bond donors (Lipinski definition) is 2. The topological polar surface area (TPSA) is 105 Å². The molecule has 0 radical (unpaired) electrons. The van der Waals surface area contributed by atoms with Gasteiger partial charge >= 0.3 is 0 Å². The Morgan fingerprint density at radius 2 is 1.69 bits per heavy atom. The second-order valence-corrected chi connectivity index (χ2v) is 9.55. The first-order chi connectivity index (χ1) is 17.7. The van der Waals surface area contributed by atoms with Crippen LogP contribution in [0.3, 0.4) is 0 Å². The maximum atomic E-state index is 11.9. The van der Waals surface area contributed by atoms with Crippen LogP contribution < -0.4 is 11.1 Å². The molecule has 3 aromatic rings. The first-order valence-electron chi connectivity index (χ1n) is 12.7. The molecule has 3 N–H and O–H groups in total. The van der Waals surface area contributed by atoms with Gasteiger partial charge in [0.15, 0.2) is 11.3 Å². The number of nitrogens with zero attached hydrogens (tertiary/aromatic N) is 2. The maximum Gasteiger partial charge on any atom is 0.222 e. The predicted molar refractivity (Wildman–Crippen MR) is 147 cm³/mol. The molecule has 0 saturated carbocycles. The number of para-hydroxylation sites is 1. The molecule has 1 aliphatic heterocycles. The first-order valence-corrected chi connectivity index (χ1v) is 13.5. The van der Waals surface area contributed by atoms with Gasteiger partial charge in [-0.05, 0) is 62.8 Å². The number of likely N-dealkylation sites (tertiary alicyclic amines) is 1. The van der Waals surface area contributed by atoms with Crippen LogP contribution in [0.1, 0.15) is 60.3 Å². The fourth-order valence-electron chi connectivity index (χ4n) is 3.74. The summed E-state index contributed by atoms with van der Waals surface area (Å²) in [6, 6.07) is 18.0. The molecule has 1 aromatic heterocycles. The molecule has 8 heteroatoms. The third-order valence-electron chi connectivity index (χ3n) is 5.70.